The molecule has 0 saturated carbocycles. The van der Waals surface area contributed by atoms with Crippen molar-refractivity contribution in [3.8, 4) is 0 Å². The second-order valence-corrected chi connectivity index (χ2v) is 3.22. The predicted octanol–water partition coefficient (Wildman–Crippen LogP) is 0.267. The van der Waals surface area contributed by atoms with Crippen LogP contribution in [0.4, 0.5) is 6.01 Å². The highest BCUT2D eigenvalue weighted by Crippen LogP contribution is 2.06. The maximum absolute atomic E-state index is 11.4. The van der Waals surface area contributed by atoms with Crippen LogP contribution in [-0.2, 0) is 4.79 Å². The first-order valence-electron chi connectivity index (χ1n) is 4.28. The number of amides is 1. The Kier molecular flexibility index (Phi) is 3.06. The Morgan fingerprint density at radius 3 is 2.57 bits per heavy atom. The SMILES string of the molecule is Cc1nnc(NC(C)C(=O)N(C)C)o1. The zero-order valence-corrected chi connectivity index (χ0v) is 8.74. The fraction of sp³-hybridized carbons (Fsp3) is 0.625. The lowest BCUT2D eigenvalue weighted by atomic mass is 10.3. The molecule has 0 bridgehead atoms. The van der Waals surface area contributed by atoms with Crippen LogP contribution >= 0.6 is 0 Å². The Morgan fingerprint density at radius 2 is 2.14 bits per heavy atom. The summed E-state index contributed by atoms with van der Waals surface area (Å²) in [5, 5.41) is 10.2. The Balaban J connectivity index is 2.57. The van der Waals surface area contributed by atoms with Crippen LogP contribution in [0.1, 0.15) is 12.8 Å². The highest BCUT2D eigenvalue weighted by Gasteiger charge is 2.16. The second-order valence-electron chi connectivity index (χ2n) is 3.22. The number of likely N-dealkylation sites (N-methyl/N-ethyl adjacent to an activating group) is 1. The topological polar surface area (TPSA) is 71.3 Å². The van der Waals surface area contributed by atoms with E-state index in [1.54, 1.807) is 27.9 Å². The number of nitrogens with one attached hydrogen (secondary N) is 1. The maximum Gasteiger partial charge on any atom is 0.316 e. The highest BCUT2D eigenvalue weighted by atomic mass is 16.4. The van der Waals surface area contributed by atoms with Gasteiger partial charge in [-0.3, -0.25) is 4.79 Å². The normalized spacial score (nSPS) is 12.3. The second kappa shape index (κ2) is 4.08. The third-order valence-electron chi connectivity index (χ3n) is 1.68. The lowest BCUT2D eigenvalue weighted by Crippen LogP contribution is -2.36. The summed E-state index contributed by atoms with van der Waals surface area (Å²) in [6.45, 7) is 3.43. The van der Waals surface area contributed by atoms with E-state index in [0.717, 1.165) is 0 Å². The van der Waals surface area contributed by atoms with E-state index in [1.807, 2.05) is 0 Å². The molecule has 1 rings (SSSR count). The summed E-state index contributed by atoms with van der Waals surface area (Å²) in [6, 6.07) is -0.102. The van der Waals surface area contributed by atoms with Crippen LogP contribution in [0.25, 0.3) is 0 Å². The molecule has 0 spiro atoms. The van der Waals surface area contributed by atoms with Gasteiger partial charge in [-0.25, -0.2) is 0 Å². The largest absolute Gasteiger partial charge is 0.408 e. The summed E-state index contributed by atoms with van der Waals surface area (Å²) in [6.07, 6.45) is 0. The van der Waals surface area contributed by atoms with Crippen LogP contribution in [0.15, 0.2) is 4.42 Å². The number of hydrogen-bond donors (Lipinski definition) is 1. The molecule has 78 valence electrons. The average molecular weight is 198 g/mol. The lowest BCUT2D eigenvalue weighted by Gasteiger charge is -2.16. The number of hydrogen-bond acceptors (Lipinski definition) is 5. The number of aromatic nitrogens is 2. The molecular weight excluding hydrogens is 184 g/mol. The highest BCUT2D eigenvalue weighted by molar-refractivity contribution is 5.83. The molecule has 0 aliphatic carbocycles. The molecule has 1 heterocycles. The molecule has 1 N–H and O–H groups in total. The quantitative estimate of drug-likeness (QED) is 0.754. The van der Waals surface area contributed by atoms with E-state index in [4.69, 9.17) is 4.42 Å². The zero-order valence-electron chi connectivity index (χ0n) is 8.74. The van der Waals surface area contributed by atoms with Crippen LogP contribution in [0.2, 0.25) is 0 Å². The van der Waals surface area contributed by atoms with Crippen molar-refractivity contribution in [2.24, 2.45) is 0 Å². The molecule has 0 saturated heterocycles. The van der Waals surface area contributed by atoms with Crippen LogP contribution in [0.5, 0.6) is 0 Å². The van der Waals surface area contributed by atoms with Gasteiger partial charge in [0.2, 0.25) is 11.8 Å². The van der Waals surface area contributed by atoms with Gasteiger partial charge in [0.25, 0.3) is 0 Å². The van der Waals surface area contributed by atoms with Gasteiger partial charge >= 0.3 is 6.01 Å². The molecule has 1 amide bonds. The number of carbonyl (C=O) groups is 1. The van der Waals surface area contributed by atoms with Crippen LogP contribution < -0.4 is 5.32 Å². The number of aryl methyl sites for hydroxylation is 1. The van der Waals surface area contributed by atoms with E-state index in [9.17, 15) is 4.79 Å². The van der Waals surface area contributed by atoms with E-state index in [0.29, 0.717) is 5.89 Å². The minimum atomic E-state index is -0.371. The zero-order chi connectivity index (χ0) is 10.7. The van der Waals surface area contributed by atoms with Crippen molar-refractivity contribution < 1.29 is 9.21 Å². The molecule has 6 heteroatoms. The molecule has 0 fully saturated rings. The summed E-state index contributed by atoms with van der Waals surface area (Å²) < 4.78 is 5.08. The van der Waals surface area contributed by atoms with Gasteiger partial charge in [-0.05, 0) is 6.92 Å². The molecule has 0 aliphatic heterocycles. The van der Waals surface area contributed by atoms with Crippen LogP contribution in [0, 0.1) is 6.92 Å². The summed E-state index contributed by atoms with van der Waals surface area (Å²) >= 11 is 0. The monoisotopic (exact) mass is 198 g/mol. The van der Waals surface area contributed by atoms with Crippen molar-refractivity contribution in [2.75, 3.05) is 19.4 Å². The van der Waals surface area contributed by atoms with Crippen molar-refractivity contribution in [1.82, 2.24) is 15.1 Å². The molecule has 0 aliphatic rings. The first-order valence-corrected chi connectivity index (χ1v) is 4.28. The minimum Gasteiger partial charge on any atom is -0.408 e. The summed E-state index contributed by atoms with van der Waals surface area (Å²) in [7, 11) is 3.39. The van der Waals surface area contributed by atoms with Crippen molar-refractivity contribution in [3.05, 3.63) is 5.89 Å². The Hall–Kier alpha value is -1.59. The molecule has 1 unspecified atom stereocenters. The van der Waals surface area contributed by atoms with Gasteiger partial charge in [0, 0.05) is 21.0 Å². The minimum absolute atomic E-state index is 0.0409. The average Bonchev–Trinajstić information content (AvgIpc) is 2.49. The number of nitrogens with zero attached hydrogens (tertiary/aromatic N) is 3. The first kappa shape index (κ1) is 10.5. The van der Waals surface area contributed by atoms with Gasteiger partial charge in [-0.2, -0.15) is 0 Å². The summed E-state index contributed by atoms with van der Waals surface area (Å²) in [5.74, 6) is 0.429. The Labute approximate surface area is 82.3 Å². The summed E-state index contributed by atoms with van der Waals surface area (Å²) in [4.78, 5) is 12.9. The van der Waals surface area contributed by atoms with Crippen molar-refractivity contribution >= 4 is 11.9 Å². The van der Waals surface area contributed by atoms with Gasteiger partial charge in [0.15, 0.2) is 0 Å². The van der Waals surface area contributed by atoms with Gasteiger partial charge in [-0.1, -0.05) is 5.10 Å². The van der Waals surface area contributed by atoms with Gasteiger partial charge in [-0.15, -0.1) is 5.10 Å². The Bertz CT molecular complexity index is 321. The molecule has 0 radical (unpaired) electrons. The van der Waals surface area contributed by atoms with E-state index in [2.05, 4.69) is 15.5 Å². The van der Waals surface area contributed by atoms with Crippen LogP contribution in [-0.4, -0.2) is 41.1 Å². The van der Waals surface area contributed by atoms with Crippen molar-refractivity contribution in [2.45, 2.75) is 19.9 Å². The van der Waals surface area contributed by atoms with E-state index in [-0.39, 0.29) is 18.0 Å². The Morgan fingerprint density at radius 1 is 1.50 bits per heavy atom. The molecule has 0 aromatic carbocycles. The van der Waals surface area contributed by atoms with E-state index < -0.39 is 0 Å². The molecule has 1 aromatic heterocycles. The standard InChI is InChI=1S/C8H14N4O2/c1-5(7(13)12(3)4)9-8-11-10-6(2)14-8/h5H,1-4H3,(H,9,11). The fourth-order valence-electron chi connectivity index (χ4n) is 0.989. The molecular formula is C8H14N4O2. The molecule has 1 aromatic rings. The maximum atomic E-state index is 11.4. The molecule has 6 nitrogen and oxygen atoms in total. The van der Waals surface area contributed by atoms with E-state index >= 15 is 0 Å². The van der Waals surface area contributed by atoms with Gasteiger partial charge < -0.3 is 14.6 Å². The summed E-state index contributed by atoms with van der Waals surface area (Å²) in [5.41, 5.74) is 0. The third kappa shape index (κ3) is 2.45. The lowest BCUT2D eigenvalue weighted by molar-refractivity contribution is -0.129. The smallest absolute Gasteiger partial charge is 0.316 e. The molecule has 1 atom stereocenters. The van der Waals surface area contributed by atoms with E-state index in [1.165, 1.54) is 4.90 Å². The first-order chi connectivity index (χ1) is 6.50. The fourth-order valence-corrected chi connectivity index (χ4v) is 0.989. The third-order valence-corrected chi connectivity index (χ3v) is 1.68. The number of rotatable bonds is 3. The number of carbonyl (C=O) groups excluding carboxylic acids is 1. The predicted molar refractivity (Wildman–Crippen MR) is 50.8 cm³/mol. The number of anilines is 1. The van der Waals surface area contributed by atoms with Crippen LogP contribution in [0.3, 0.4) is 0 Å². The van der Waals surface area contributed by atoms with Gasteiger partial charge in [0.1, 0.15) is 6.04 Å². The molecule has 14 heavy (non-hydrogen) atoms. The van der Waals surface area contributed by atoms with Crippen molar-refractivity contribution in [1.29, 1.82) is 0 Å². The van der Waals surface area contributed by atoms with Crippen molar-refractivity contribution in [3.63, 3.8) is 0 Å². The van der Waals surface area contributed by atoms with Gasteiger partial charge in [0.05, 0.1) is 0 Å².